The van der Waals surface area contributed by atoms with Gasteiger partial charge in [0.05, 0.1) is 5.69 Å². The third kappa shape index (κ3) is 3.73. The summed E-state index contributed by atoms with van der Waals surface area (Å²) in [5, 5.41) is 9.46. The molecule has 0 N–H and O–H groups in total. The van der Waals surface area contributed by atoms with Crippen LogP contribution in [-0.2, 0) is 12.8 Å². The zero-order chi connectivity index (χ0) is 19.8. The topological polar surface area (TPSA) is 52.8 Å². The molecule has 29 heavy (non-hydrogen) atoms. The minimum atomic E-state index is -0.979. The van der Waals surface area contributed by atoms with E-state index in [0.29, 0.717) is 23.1 Å². The van der Waals surface area contributed by atoms with Crippen molar-refractivity contribution >= 4 is 11.6 Å². The molecule has 0 spiro atoms. The number of rotatable bonds is 3. The van der Waals surface area contributed by atoms with Crippen LogP contribution in [0.2, 0.25) is 5.02 Å². The minimum Gasteiger partial charge on any atom is -0.474 e. The van der Waals surface area contributed by atoms with E-state index in [1.807, 2.05) is 36.4 Å². The van der Waals surface area contributed by atoms with Crippen molar-refractivity contribution in [3.63, 3.8) is 0 Å². The van der Waals surface area contributed by atoms with Gasteiger partial charge in [0.1, 0.15) is 23.9 Å². The van der Waals surface area contributed by atoms with E-state index in [2.05, 4.69) is 19.7 Å². The highest BCUT2D eigenvalue weighted by Crippen LogP contribution is 2.37. The molecule has 2 aliphatic rings. The van der Waals surface area contributed by atoms with Gasteiger partial charge in [-0.3, -0.25) is 4.57 Å². The molecule has 1 aliphatic carbocycles. The van der Waals surface area contributed by atoms with E-state index in [0.717, 1.165) is 42.8 Å². The Morgan fingerprint density at radius 1 is 1.03 bits per heavy atom. The normalized spacial score (nSPS) is 23.7. The van der Waals surface area contributed by atoms with Crippen LogP contribution in [0.4, 0.5) is 4.39 Å². The van der Waals surface area contributed by atoms with Gasteiger partial charge in [-0.05, 0) is 55.5 Å². The van der Waals surface area contributed by atoms with Crippen LogP contribution in [0.15, 0.2) is 42.6 Å². The fourth-order valence-corrected chi connectivity index (χ4v) is 4.66. The molecule has 3 heterocycles. The molecule has 0 bridgehead atoms. The number of fused-ring (bicyclic) bond motifs is 3. The van der Waals surface area contributed by atoms with Crippen LogP contribution in [0.25, 0.3) is 5.69 Å². The fourth-order valence-electron chi connectivity index (χ4n) is 4.46. The molecule has 1 fully saturated rings. The molecule has 1 aromatic carbocycles. The van der Waals surface area contributed by atoms with Gasteiger partial charge < -0.3 is 4.74 Å². The summed E-state index contributed by atoms with van der Waals surface area (Å²) in [5.41, 5.74) is 1.87. The van der Waals surface area contributed by atoms with E-state index < -0.39 is 6.17 Å². The Morgan fingerprint density at radius 2 is 1.90 bits per heavy atom. The lowest BCUT2D eigenvalue weighted by Gasteiger charge is -2.28. The number of nitrogens with zero attached hydrogens (tertiary/aromatic N) is 4. The number of benzene rings is 1. The molecule has 1 saturated carbocycles. The molecular formula is C22H22ClFN4O. The Balaban J connectivity index is 1.38. The zero-order valence-corrected chi connectivity index (χ0v) is 16.7. The monoisotopic (exact) mass is 412 g/mol. The predicted octanol–water partition coefficient (Wildman–Crippen LogP) is 4.86. The summed E-state index contributed by atoms with van der Waals surface area (Å²) in [6.45, 7) is 0. The lowest BCUT2D eigenvalue weighted by atomic mass is 9.86. The maximum atomic E-state index is 14.5. The standard InChI is InChI=1S/C22H22ClFN4O/c23-16-6-9-19-15(11-16)12-17(24)13-20-26-27-22(28(19)20)14-4-7-18(8-5-14)29-21-3-1-2-10-25-21/h1-3,6,9-11,14,17-18H,4-5,7-8,12-13H2/t14-,17?,18-. The molecule has 5 rings (SSSR count). The molecule has 1 aliphatic heterocycles. The van der Waals surface area contributed by atoms with Crippen molar-refractivity contribution in [3.05, 3.63) is 64.8 Å². The number of pyridine rings is 1. The number of hydrogen-bond acceptors (Lipinski definition) is 4. The lowest BCUT2D eigenvalue weighted by molar-refractivity contribution is 0.139. The molecule has 0 saturated heterocycles. The first-order valence-corrected chi connectivity index (χ1v) is 10.5. The van der Waals surface area contributed by atoms with E-state index in [1.54, 1.807) is 6.20 Å². The largest absolute Gasteiger partial charge is 0.474 e. The van der Waals surface area contributed by atoms with Crippen molar-refractivity contribution in [2.45, 2.75) is 56.7 Å². The minimum absolute atomic E-state index is 0.161. The van der Waals surface area contributed by atoms with Crippen LogP contribution >= 0.6 is 11.6 Å². The van der Waals surface area contributed by atoms with Gasteiger partial charge in [0.15, 0.2) is 0 Å². The Morgan fingerprint density at radius 3 is 2.69 bits per heavy atom. The molecule has 1 unspecified atom stereocenters. The fraction of sp³-hybridized carbons (Fsp3) is 0.409. The molecule has 150 valence electrons. The third-order valence-corrected chi connectivity index (χ3v) is 6.08. The first-order chi connectivity index (χ1) is 14.2. The number of alkyl halides is 1. The summed E-state index contributed by atoms with van der Waals surface area (Å²) in [6, 6.07) is 11.4. The van der Waals surface area contributed by atoms with E-state index in [1.165, 1.54) is 0 Å². The number of halogens is 2. The predicted molar refractivity (Wildman–Crippen MR) is 109 cm³/mol. The maximum absolute atomic E-state index is 14.5. The summed E-state index contributed by atoms with van der Waals surface area (Å²) < 4.78 is 22.6. The molecule has 7 heteroatoms. The smallest absolute Gasteiger partial charge is 0.213 e. The second-order valence-electron chi connectivity index (χ2n) is 7.85. The van der Waals surface area contributed by atoms with E-state index in [-0.39, 0.29) is 18.4 Å². The average molecular weight is 413 g/mol. The Hall–Kier alpha value is -2.47. The van der Waals surface area contributed by atoms with Crippen molar-refractivity contribution in [1.82, 2.24) is 19.7 Å². The van der Waals surface area contributed by atoms with Crippen LogP contribution in [0.1, 0.15) is 48.8 Å². The summed E-state index contributed by atoms with van der Waals surface area (Å²) in [7, 11) is 0. The Bertz CT molecular complexity index is 1000. The summed E-state index contributed by atoms with van der Waals surface area (Å²) in [5.74, 6) is 2.57. The second-order valence-corrected chi connectivity index (χ2v) is 8.28. The molecule has 3 aromatic rings. The van der Waals surface area contributed by atoms with Gasteiger partial charge in [0.25, 0.3) is 0 Å². The second kappa shape index (κ2) is 7.75. The zero-order valence-electron chi connectivity index (χ0n) is 16.0. The highest BCUT2D eigenvalue weighted by atomic mass is 35.5. The van der Waals surface area contributed by atoms with Gasteiger partial charge in [-0.25, -0.2) is 9.37 Å². The number of aromatic nitrogens is 4. The van der Waals surface area contributed by atoms with Gasteiger partial charge in [0, 0.05) is 36.0 Å². The molecule has 0 radical (unpaired) electrons. The third-order valence-electron chi connectivity index (χ3n) is 5.85. The van der Waals surface area contributed by atoms with Crippen LogP contribution in [-0.4, -0.2) is 32.0 Å². The molecular weight excluding hydrogens is 391 g/mol. The summed E-state index contributed by atoms with van der Waals surface area (Å²) >= 11 is 6.17. The number of ether oxygens (including phenoxy) is 1. The highest BCUT2D eigenvalue weighted by molar-refractivity contribution is 6.30. The van der Waals surface area contributed by atoms with Crippen LogP contribution < -0.4 is 4.74 Å². The van der Waals surface area contributed by atoms with Crippen LogP contribution in [0.3, 0.4) is 0 Å². The van der Waals surface area contributed by atoms with Crippen LogP contribution in [0, 0.1) is 0 Å². The average Bonchev–Trinajstić information content (AvgIpc) is 3.06. The van der Waals surface area contributed by atoms with Gasteiger partial charge in [-0.1, -0.05) is 17.7 Å². The highest BCUT2D eigenvalue weighted by Gasteiger charge is 2.31. The lowest BCUT2D eigenvalue weighted by Crippen LogP contribution is -2.25. The van der Waals surface area contributed by atoms with Crippen molar-refractivity contribution in [2.24, 2.45) is 0 Å². The Labute approximate surface area is 173 Å². The van der Waals surface area contributed by atoms with E-state index >= 15 is 0 Å². The molecule has 0 amide bonds. The quantitative estimate of drug-likeness (QED) is 0.616. The van der Waals surface area contributed by atoms with Gasteiger partial charge in [0.2, 0.25) is 5.88 Å². The van der Waals surface area contributed by atoms with Crippen molar-refractivity contribution in [2.75, 3.05) is 0 Å². The maximum Gasteiger partial charge on any atom is 0.213 e. The SMILES string of the molecule is FC1Cc2cc(Cl)ccc2-n2c(nnc2[C@H]2CC[C@H](Oc3ccccn3)CC2)C1. The summed E-state index contributed by atoms with van der Waals surface area (Å²) in [4.78, 5) is 4.25. The van der Waals surface area contributed by atoms with E-state index in [4.69, 9.17) is 16.3 Å². The first kappa shape index (κ1) is 18.6. The van der Waals surface area contributed by atoms with Crippen molar-refractivity contribution < 1.29 is 9.13 Å². The number of hydrogen-bond donors (Lipinski definition) is 0. The van der Waals surface area contributed by atoms with Crippen molar-refractivity contribution in [3.8, 4) is 11.6 Å². The van der Waals surface area contributed by atoms with Gasteiger partial charge in [-0.15, -0.1) is 10.2 Å². The van der Waals surface area contributed by atoms with Crippen molar-refractivity contribution in [1.29, 1.82) is 0 Å². The van der Waals surface area contributed by atoms with E-state index in [9.17, 15) is 4.39 Å². The molecule has 2 aromatic heterocycles. The molecule has 5 nitrogen and oxygen atoms in total. The van der Waals surface area contributed by atoms with Crippen LogP contribution in [0.5, 0.6) is 5.88 Å². The first-order valence-electron chi connectivity index (χ1n) is 10.1. The molecule has 1 atom stereocenters. The van der Waals surface area contributed by atoms with Gasteiger partial charge in [-0.2, -0.15) is 0 Å². The summed E-state index contributed by atoms with van der Waals surface area (Å²) in [6.07, 6.45) is 5.33. The Kier molecular flexibility index (Phi) is 4.96. The van der Waals surface area contributed by atoms with Gasteiger partial charge >= 0.3 is 0 Å².